The van der Waals surface area contributed by atoms with E-state index < -0.39 is 30.5 Å². The van der Waals surface area contributed by atoms with Gasteiger partial charge in [-0.15, -0.1) is 0 Å². The molecule has 0 bridgehead atoms. The van der Waals surface area contributed by atoms with Crippen molar-refractivity contribution in [2.45, 2.75) is 271 Å². The van der Waals surface area contributed by atoms with Crippen molar-refractivity contribution in [2.24, 2.45) is 55.2 Å². The van der Waals surface area contributed by atoms with Crippen molar-refractivity contribution >= 4 is 81.3 Å². The third-order valence-electron chi connectivity index (χ3n) is 11.4. The normalized spacial score (nSPS) is 11.6. The predicted molar refractivity (Wildman–Crippen MR) is 408 cm³/mol. The summed E-state index contributed by atoms with van der Waals surface area (Å²) in [5, 5.41) is 0. The van der Waals surface area contributed by atoms with E-state index in [0.29, 0.717) is 45.0 Å². The van der Waals surface area contributed by atoms with Gasteiger partial charge in [-0.3, -0.25) is 47.9 Å². The summed E-state index contributed by atoms with van der Waals surface area (Å²) in [4.78, 5) is 108. The number of rotatable bonds is 30. The van der Waals surface area contributed by atoms with Crippen LogP contribution in [0.25, 0.3) is 0 Å². The van der Waals surface area contributed by atoms with Crippen molar-refractivity contribution < 1.29 is 124 Å². The molecule has 0 radical (unpaired) electrons. The van der Waals surface area contributed by atoms with Gasteiger partial charge in [0.2, 0.25) is 0 Å². The minimum atomic E-state index is -0.902. The summed E-state index contributed by atoms with van der Waals surface area (Å²) in [6.07, 6.45) is 2.89. The highest BCUT2D eigenvalue weighted by Gasteiger charge is 2.27. The molecule has 620 valence electrons. The Hall–Kier alpha value is -4.84. The lowest BCUT2D eigenvalue weighted by Crippen LogP contribution is -2.31. The van der Waals surface area contributed by atoms with Gasteiger partial charge in [-0.1, -0.05) is 188 Å². The van der Waals surface area contributed by atoms with E-state index in [-0.39, 0.29) is 129 Å². The Balaban J connectivity index is -0.000000171. The predicted octanol–water partition coefficient (Wildman–Crippen LogP) is 15.2. The second-order valence-electron chi connectivity index (χ2n) is 33.7. The van der Waals surface area contributed by atoms with E-state index in [4.69, 9.17) is 66.3 Å². The second-order valence-corrected chi connectivity index (χ2v) is 36.2. The van der Waals surface area contributed by atoms with Crippen LogP contribution in [0, 0.1) is 55.2 Å². The second kappa shape index (κ2) is 61.1. The molecule has 0 saturated carbocycles. The van der Waals surface area contributed by atoms with Gasteiger partial charge in [-0.25, -0.2) is 0 Å². The molecule has 0 aliphatic heterocycles. The summed E-state index contributed by atoms with van der Waals surface area (Å²) in [6.45, 7) is 57.6. The van der Waals surface area contributed by atoms with Crippen molar-refractivity contribution in [1.29, 1.82) is 0 Å². The summed E-state index contributed by atoms with van der Waals surface area (Å²) in [7, 11) is 15.4. The summed E-state index contributed by atoms with van der Waals surface area (Å²) in [5.41, 5.74) is 0.740. The fourth-order valence-corrected chi connectivity index (χ4v) is 9.95. The molecule has 0 heterocycles. The van der Waals surface area contributed by atoms with Gasteiger partial charge in [-0.05, 0) is 50.7 Å². The Morgan fingerprint density at radius 2 is 0.577 bits per heavy atom. The zero-order valence-corrected chi connectivity index (χ0v) is 73.4. The van der Waals surface area contributed by atoms with E-state index in [1.54, 1.807) is 39.2 Å². The SMILES string of the molecule is CC(=O)OCC(COC(C)=O)CC(C)(C)C.CC(=O)OCC(COC(C)=O)CC(C)(C)C.CC(=O)OCC(COC(C)=O)OC(=O)CC(C)(C)C.COC(=O)CC(C)(C)C.COC(=O)CC(C)(C)C.COC(CC(C)(C)C)OC.COC(OC)C(C)(C)C.COC(OC)OC(=O)CSSCC(C)(C)C. The Morgan fingerprint density at radius 1 is 0.298 bits per heavy atom. The molecule has 0 spiro atoms. The molecule has 0 unspecified atom stereocenters. The maximum absolute atomic E-state index is 11.7. The number of hydrogen-bond donors (Lipinski definition) is 0. The molecule has 26 nitrogen and oxygen atoms in total. The van der Waals surface area contributed by atoms with Gasteiger partial charge >= 0.3 is 66.2 Å². The van der Waals surface area contributed by atoms with Crippen LogP contribution in [0.1, 0.15) is 246 Å². The molecule has 0 aromatic carbocycles. The molecule has 0 aliphatic carbocycles. The third kappa shape index (κ3) is 104. The number of hydrogen-bond acceptors (Lipinski definition) is 28. The van der Waals surface area contributed by atoms with Crippen LogP contribution in [0.5, 0.6) is 0 Å². The van der Waals surface area contributed by atoms with Crippen LogP contribution < -0.4 is 0 Å². The van der Waals surface area contributed by atoms with E-state index in [2.05, 4.69) is 113 Å². The van der Waals surface area contributed by atoms with Crippen LogP contribution in [-0.4, -0.2) is 193 Å². The average Bonchev–Trinajstić information content (AvgIpc) is 0.941. The number of esters is 10. The van der Waals surface area contributed by atoms with Crippen LogP contribution in [0.2, 0.25) is 0 Å². The molecule has 0 atom stereocenters. The molecule has 0 aromatic rings. The summed E-state index contributed by atoms with van der Waals surface area (Å²) >= 11 is 0. The van der Waals surface area contributed by atoms with Crippen LogP contribution in [-0.2, 0) is 124 Å². The zero-order chi connectivity index (χ0) is 83.9. The number of ether oxygens (including phenoxy) is 16. The van der Waals surface area contributed by atoms with Crippen molar-refractivity contribution in [3.05, 3.63) is 0 Å². The van der Waals surface area contributed by atoms with Crippen LogP contribution in [0.15, 0.2) is 0 Å². The molecular weight excluding hydrogens is 1390 g/mol. The quantitative estimate of drug-likeness (QED) is 0.0212. The third-order valence-corrected chi connectivity index (χ3v) is 14.1. The maximum Gasteiger partial charge on any atom is 0.320 e. The van der Waals surface area contributed by atoms with Gasteiger partial charge in [0.25, 0.3) is 0 Å². The minimum Gasteiger partial charge on any atom is -0.469 e. The highest BCUT2D eigenvalue weighted by Crippen LogP contribution is 2.31. The summed E-state index contributed by atoms with van der Waals surface area (Å²) < 4.78 is 78.0. The van der Waals surface area contributed by atoms with Crippen molar-refractivity contribution in [2.75, 3.05) is 108 Å². The van der Waals surface area contributed by atoms with Gasteiger partial charge in [-0.2, -0.15) is 0 Å². The lowest BCUT2D eigenvalue weighted by Gasteiger charge is -2.27. The fraction of sp³-hybridized carbons (Fsp3) is 0.868. The average molecular weight is 1540 g/mol. The summed E-state index contributed by atoms with van der Waals surface area (Å²) in [6, 6.07) is 0. The van der Waals surface area contributed by atoms with Gasteiger partial charge in [0.1, 0.15) is 19.0 Å². The zero-order valence-electron chi connectivity index (χ0n) is 71.8. The molecular formula is C76H148O26S2. The van der Waals surface area contributed by atoms with E-state index in [1.807, 2.05) is 62.3 Å². The van der Waals surface area contributed by atoms with E-state index in [1.165, 1.54) is 80.8 Å². The number of carbonyl (C=O) groups is 10. The first-order chi connectivity index (χ1) is 46.8. The van der Waals surface area contributed by atoms with Crippen LogP contribution >= 0.6 is 21.6 Å². The molecule has 0 N–H and O–H groups in total. The van der Waals surface area contributed by atoms with Crippen molar-refractivity contribution in [3.8, 4) is 0 Å². The van der Waals surface area contributed by atoms with Crippen molar-refractivity contribution in [1.82, 2.24) is 0 Å². The molecule has 104 heavy (non-hydrogen) atoms. The Morgan fingerprint density at radius 3 is 0.760 bits per heavy atom. The smallest absolute Gasteiger partial charge is 0.320 e. The largest absolute Gasteiger partial charge is 0.469 e. The monoisotopic (exact) mass is 1540 g/mol. The van der Waals surface area contributed by atoms with E-state index in [0.717, 1.165) is 25.0 Å². The maximum atomic E-state index is 11.7. The van der Waals surface area contributed by atoms with E-state index >= 15 is 0 Å². The first-order valence-electron chi connectivity index (χ1n) is 34.6. The first kappa shape index (κ1) is 115. The lowest BCUT2D eigenvalue weighted by molar-refractivity contribution is -0.253. The standard InChI is InChI=1S/C13H22O6.2C12H22O4.C10H20O4S2.C8H18O2.C7H16O2.2C7H14O2/c1-9(14)17-7-11(8-18-10(2)15)19-12(16)6-13(3,4)5;2*1-9(13)15-7-11(6-12(3,4)5)8-16-10(2)14;1-10(2,3)7-16-15-6-8(11)14-9(12-4)13-5;1-8(2,3)6-7(9-4)10-5;1-7(2,3)6(8-4)9-5;2*1-7(2,3)5-6(8)9-4/h11H,6-8H2,1-5H3;2*11H,6-8H2,1-5H3;9H,6-7H2,1-5H3;7H,6H2,1-5H3;6H,1-5H3;2*5H2,1-4H3. The first-order valence-corrected chi connectivity index (χ1v) is 37.1. The molecule has 0 fully saturated rings. The molecule has 28 heteroatoms. The molecule has 0 aliphatic rings. The molecule has 0 saturated heterocycles. The van der Waals surface area contributed by atoms with E-state index in [9.17, 15) is 47.9 Å². The van der Waals surface area contributed by atoms with Crippen molar-refractivity contribution in [3.63, 3.8) is 0 Å². The molecule has 0 aromatic heterocycles. The Kier molecular flexibility index (Phi) is 67.5. The number of methoxy groups -OCH3 is 8. The lowest BCUT2D eigenvalue weighted by atomic mass is 9.85. The molecule has 0 amide bonds. The Bertz CT molecular complexity index is 2140. The van der Waals surface area contributed by atoms with Gasteiger partial charge in [0.05, 0.1) is 59.9 Å². The van der Waals surface area contributed by atoms with Crippen LogP contribution in [0.4, 0.5) is 0 Å². The highest BCUT2D eigenvalue weighted by atomic mass is 33.1. The van der Waals surface area contributed by atoms with Crippen LogP contribution in [0.3, 0.4) is 0 Å². The van der Waals surface area contributed by atoms with Gasteiger partial charge in [0, 0.05) is 114 Å². The number of carbonyl (C=O) groups excluding carboxylic acids is 10. The molecule has 0 rings (SSSR count). The van der Waals surface area contributed by atoms with Gasteiger partial charge < -0.3 is 75.8 Å². The highest BCUT2D eigenvalue weighted by molar-refractivity contribution is 8.76. The Labute approximate surface area is 636 Å². The van der Waals surface area contributed by atoms with Gasteiger partial charge in [0.15, 0.2) is 18.7 Å². The fourth-order valence-electron chi connectivity index (χ4n) is 7.42. The topological polar surface area (TPSA) is 318 Å². The summed E-state index contributed by atoms with van der Waals surface area (Å²) in [5.74, 6) is -1.80. The minimum absolute atomic E-state index is 0.0487.